The third-order valence-electron chi connectivity index (χ3n) is 4.55. The van der Waals surface area contributed by atoms with Crippen molar-refractivity contribution < 1.29 is 4.79 Å². The van der Waals surface area contributed by atoms with Gasteiger partial charge in [-0.15, -0.1) is 21.7 Å². The molecule has 4 rings (SSSR count). The van der Waals surface area contributed by atoms with Crippen LogP contribution in [0.5, 0.6) is 0 Å². The summed E-state index contributed by atoms with van der Waals surface area (Å²) in [6.45, 7) is 2.85. The van der Waals surface area contributed by atoms with Gasteiger partial charge in [-0.05, 0) is 29.8 Å². The van der Waals surface area contributed by atoms with Crippen molar-refractivity contribution in [1.82, 2.24) is 24.7 Å². The minimum Gasteiger partial charge on any atom is -0.352 e. The Morgan fingerprint density at radius 2 is 2.00 bits per heavy atom. The van der Waals surface area contributed by atoms with E-state index in [0.29, 0.717) is 19.5 Å². The molecule has 1 aliphatic heterocycles. The Kier molecular flexibility index (Phi) is 4.23. The van der Waals surface area contributed by atoms with E-state index in [9.17, 15) is 4.79 Å². The molecule has 1 aliphatic rings. The standard InChI is InChI=1S/C19H18N6O/c1-2-15-4-3-5-16(12-15)13-19(26)24-10-8-23(9-11-24)18-7-6-17-21-20-14-25(17)22-18/h1,3-7,12,14H,8-11,13H2. The van der Waals surface area contributed by atoms with E-state index in [1.165, 1.54) is 0 Å². The van der Waals surface area contributed by atoms with Gasteiger partial charge < -0.3 is 9.80 Å². The maximum atomic E-state index is 12.6. The number of hydrogen-bond acceptors (Lipinski definition) is 5. The first kappa shape index (κ1) is 16.1. The van der Waals surface area contributed by atoms with Gasteiger partial charge in [0.2, 0.25) is 5.91 Å². The molecule has 0 N–H and O–H groups in total. The van der Waals surface area contributed by atoms with E-state index in [1.54, 1.807) is 10.8 Å². The second kappa shape index (κ2) is 6.84. The number of piperazine rings is 1. The predicted octanol–water partition coefficient (Wildman–Crippen LogP) is 0.997. The van der Waals surface area contributed by atoms with Gasteiger partial charge in [0, 0.05) is 31.7 Å². The molecule has 3 aromatic rings. The number of terminal acetylenes is 1. The average molecular weight is 346 g/mol. The molecule has 1 saturated heterocycles. The normalized spacial score (nSPS) is 14.4. The number of aromatic nitrogens is 4. The summed E-state index contributed by atoms with van der Waals surface area (Å²) < 4.78 is 1.66. The fourth-order valence-corrected chi connectivity index (χ4v) is 3.13. The highest BCUT2D eigenvalue weighted by molar-refractivity contribution is 5.79. The molecule has 0 radical (unpaired) electrons. The van der Waals surface area contributed by atoms with Crippen LogP contribution in [0.3, 0.4) is 0 Å². The van der Waals surface area contributed by atoms with Gasteiger partial charge in [0.05, 0.1) is 6.42 Å². The van der Waals surface area contributed by atoms with E-state index in [1.807, 2.05) is 41.3 Å². The number of nitrogens with zero attached hydrogens (tertiary/aromatic N) is 6. The highest BCUT2D eigenvalue weighted by atomic mass is 16.2. The fourth-order valence-electron chi connectivity index (χ4n) is 3.13. The Bertz CT molecular complexity index is 981. The van der Waals surface area contributed by atoms with Crippen LogP contribution in [-0.4, -0.2) is 56.8 Å². The molecule has 2 aromatic heterocycles. The van der Waals surface area contributed by atoms with Crippen LogP contribution in [0.1, 0.15) is 11.1 Å². The lowest BCUT2D eigenvalue weighted by Crippen LogP contribution is -2.49. The second-order valence-electron chi connectivity index (χ2n) is 6.21. The largest absolute Gasteiger partial charge is 0.352 e. The number of amides is 1. The molecule has 26 heavy (non-hydrogen) atoms. The molecule has 7 nitrogen and oxygen atoms in total. The van der Waals surface area contributed by atoms with Gasteiger partial charge in [0.1, 0.15) is 12.1 Å². The van der Waals surface area contributed by atoms with Crippen LogP contribution in [0.2, 0.25) is 0 Å². The third-order valence-corrected chi connectivity index (χ3v) is 4.55. The predicted molar refractivity (Wildman–Crippen MR) is 97.7 cm³/mol. The molecule has 3 heterocycles. The zero-order valence-corrected chi connectivity index (χ0v) is 14.2. The van der Waals surface area contributed by atoms with Gasteiger partial charge in [0.25, 0.3) is 0 Å². The van der Waals surface area contributed by atoms with Crippen molar-refractivity contribution in [1.29, 1.82) is 0 Å². The quantitative estimate of drug-likeness (QED) is 0.662. The molecule has 0 saturated carbocycles. The van der Waals surface area contributed by atoms with Gasteiger partial charge in [0.15, 0.2) is 5.65 Å². The summed E-state index contributed by atoms with van der Waals surface area (Å²) >= 11 is 0. The van der Waals surface area contributed by atoms with Gasteiger partial charge in [-0.25, -0.2) is 0 Å². The summed E-state index contributed by atoms with van der Waals surface area (Å²) in [5.74, 6) is 3.60. The monoisotopic (exact) mass is 346 g/mol. The van der Waals surface area contributed by atoms with Crippen molar-refractivity contribution in [2.75, 3.05) is 31.1 Å². The molecular formula is C19H18N6O. The smallest absolute Gasteiger partial charge is 0.227 e. The van der Waals surface area contributed by atoms with Crippen LogP contribution >= 0.6 is 0 Å². The SMILES string of the molecule is C#Cc1cccc(CC(=O)N2CCN(c3ccc4nncn4n3)CC2)c1. The second-order valence-corrected chi connectivity index (χ2v) is 6.21. The number of hydrogen-bond donors (Lipinski definition) is 0. The van der Waals surface area contributed by atoms with E-state index < -0.39 is 0 Å². The summed E-state index contributed by atoms with van der Waals surface area (Å²) in [5, 5.41) is 12.3. The lowest BCUT2D eigenvalue weighted by Gasteiger charge is -2.35. The number of anilines is 1. The zero-order valence-electron chi connectivity index (χ0n) is 14.2. The molecule has 0 spiro atoms. The van der Waals surface area contributed by atoms with Crippen molar-refractivity contribution in [3.05, 3.63) is 53.9 Å². The first-order chi connectivity index (χ1) is 12.7. The van der Waals surface area contributed by atoms with Crippen LogP contribution in [-0.2, 0) is 11.2 Å². The van der Waals surface area contributed by atoms with Crippen LogP contribution < -0.4 is 4.90 Å². The molecule has 0 unspecified atom stereocenters. The summed E-state index contributed by atoms with van der Waals surface area (Å²) in [6.07, 6.45) is 7.39. The Balaban J connectivity index is 1.38. The van der Waals surface area contributed by atoms with Gasteiger partial charge in [-0.2, -0.15) is 4.52 Å². The van der Waals surface area contributed by atoms with E-state index >= 15 is 0 Å². The van der Waals surface area contributed by atoms with E-state index in [0.717, 1.165) is 35.7 Å². The average Bonchev–Trinajstić information content (AvgIpc) is 3.16. The lowest BCUT2D eigenvalue weighted by atomic mass is 10.1. The number of benzene rings is 1. The van der Waals surface area contributed by atoms with E-state index in [2.05, 4.69) is 26.1 Å². The summed E-state index contributed by atoms with van der Waals surface area (Å²) in [5.41, 5.74) is 2.47. The topological polar surface area (TPSA) is 66.6 Å². The van der Waals surface area contributed by atoms with Crippen molar-refractivity contribution in [3.63, 3.8) is 0 Å². The number of carbonyl (C=O) groups excluding carboxylic acids is 1. The lowest BCUT2D eigenvalue weighted by molar-refractivity contribution is -0.130. The van der Waals surface area contributed by atoms with Crippen molar-refractivity contribution in [3.8, 4) is 12.3 Å². The molecule has 1 aromatic carbocycles. The Morgan fingerprint density at radius 1 is 1.15 bits per heavy atom. The van der Waals surface area contributed by atoms with Crippen molar-refractivity contribution in [2.24, 2.45) is 0 Å². The molecule has 1 amide bonds. The fraction of sp³-hybridized carbons (Fsp3) is 0.263. The van der Waals surface area contributed by atoms with Crippen LogP contribution in [0.4, 0.5) is 5.82 Å². The maximum Gasteiger partial charge on any atom is 0.227 e. The molecule has 0 aliphatic carbocycles. The van der Waals surface area contributed by atoms with Gasteiger partial charge >= 0.3 is 0 Å². The molecule has 7 heteroatoms. The van der Waals surface area contributed by atoms with E-state index in [4.69, 9.17) is 6.42 Å². The minimum atomic E-state index is 0.126. The van der Waals surface area contributed by atoms with Gasteiger partial charge in [-0.1, -0.05) is 18.1 Å². The van der Waals surface area contributed by atoms with Crippen LogP contribution in [0.25, 0.3) is 5.65 Å². The van der Waals surface area contributed by atoms with Crippen molar-refractivity contribution >= 4 is 17.4 Å². The Labute approximate surface area is 151 Å². The first-order valence-corrected chi connectivity index (χ1v) is 8.48. The highest BCUT2D eigenvalue weighted by Gasteiger charge is 2.22. The molecule has 0 atom stereocenters. The number of fused-ring (bicyclic) bond motifs is 1. The number of rotatable bonds is 3. The van der Waals surface area contributed by atoms with E-state index in [-0.39, 0.29) is 5.91 Å². The maximum absolute atomic E-state index is 12.6. The number of carbonyl (C=O) groups is 1. The van der Waals surface area contributed by atoms with Gasteiger partial charge in [-0.3, -0.25) is 4.79 Å². The van der Waals surface area contributed by atoms with Crippen LogP contribution in [0.15, 0.2) is 42.7 Å². The summed E-state index contributed by atoms with van der Waals surface area (Å²) in [4.78, 5) is 16.6. The first-order valence-electron chi connectivity index (χ1n) is 8.48. The highest BCUT2D eigenvalue weighted by Crippen LogP contribution is 2.15. The molecule has 130 valence electrons. The summed E-state index contributed by atoms with van der Waals surface area (Å²) in [6, 6.07) is 11.4. The molecular weight excluding hydrogens is 328 g/mol. The molecule has 0 bridgehead atoms. The molecule has 1 fully saturated rings. The minimum absolute atomic E-state index is 0.126. The Hall–Kier alpha value is -3.40. The third kappa shape index (κ3) is 3.22. The van der Waals surface area contributed by atoms with Crippen molar-refractivity contribution in [2.45, 2.75) is 6.42 Å². The summed E-state index contributed by atoms with van der Waals surface area (Å²) in [7, 11) is 0. The van der Waals surface area contributed by atoms with Crippen LogP contribution in [0, 0.1) is 12.3 Å². The zero-order chi connectivity index (χ0) is 17.9. The Morgan fingerprint density at radius 3 is 2.81 bits per heavy atom.